The number of nitrogens with one attached hydrogen (secondary N) is 1. The second kappa shape index (κ2) is 6.72. The van der Waals surface area contributed by atoms with Crippen molar-refractivity contribution in [3.8, 4) is 0 Å². The Morgan fingerprint density at radius 1 is 1.50 bits per heavy atom. The number of benzene rings is 1. The monoisotopic (exact) mass is 277 g/mol. The van der Waals surface area contributed by atoms with E-state index < -0.39 is 0 Å². The molecule has 1 heterocycles. The van der Waals surface area contributed by atoms with Crippen LogP contribution >= 0.6 is 0 Å². The molecule has 0 radical (unpaired) electrons. The van der Waals surface area contributed by atoms with Crippen LogP contribution in [0.5, 0.6) is 0 Å². The van der Waals surface area contributed by atoms with Crippen molar-refractivity contribution in [2.75, 3.05) is 30.7 Å². The number of rotatable bonds is 3. The quantitative estimate of drug-likeness (QED) is 0.825. The van der Waals surface area contributed by atoms with Gasteiger partial charge in [-0.2, -0.15) is 0 Å². The predicted molar refractivity (Wildman–Crippen MR) is 80.6 cm³/mol. The zero-order valence-electron chi connectivity index (χ0n) is 12.1. The molecule has 0 spiro atoms. The van der Waals surface area contributed by atoms with E-state index >= 15 is 0 Å². The summed E-state index contributed by atoms with van der Waals surface area (Å²) in [7, 11) is 0. The largest absolute Gasteiger partial charge is 0.397 e. The lowest BCUT2D eigenvalue weighted by Gasteiger charge is -2.27. The van der Waals surface area contributed by atoms with Crippen molar-refractivity contribution in [2.45, 2.75) is 32.4 Å². The predicted octanol–water partition coefficient (Wildman–Crippen LogP) is 1.71. The van der Waals surface area contributed by atoms with Gasteiger partial charge in [-0.3, -0.25) is 9.69 Å². The van der Waals surface area contributed by atoms with Crippen LogP contribution in [-0.2, 0) is 9.53 Å². The zero-order valence-corrected chi connectivity index (χ0v) is 12.1. The van der Waals surface area contributed by atoms with Crippen LogP contribution in [0, 0.1) is 0 Å². The standard InChI is InChI=1S/C15H23N3O2/c1-11-10-18(8-5-9-20-11)12(2)15(19)17-14-7-4-3-6-13(14)16/h3-4,6-7,11-12H,5,8-10,16H2,1-2H3,(H,17,19). The Morgan fingerprint density at radius 3 is 3.00 bits per heavy atom. The number of para-hydroxylation sites is 2. The van der Waals surface area contributed by atoms with E-state index in [9.17, 15) is 4.79 Å². The van der Waals surface area contributed by atoms with Crippen molar-refractivity contribution >= 4 is 17.3 Å². The lowest BCUT2D eigenvalue weighted by Crippen LogP contribution is -2.44. The highest BCUT2D eigenvalue weighted by atomic mass is 16.5. The lowest BCUT2D eigenvalue weighted by atomic mass is 10.2. The molecule has 1 saturated heterocycles. The van der Waals surface area contributed by atoms with E-state index in [4.69, 9.17) is 10.5 Å². The summed E-state index contributed by atoms with van der Waals surface area (Å²) in [6, 6.07) is 7.11. The first-order valence-electron chi connectivity index (χ1n) is 7.09. The summed E-state index contributed by atoms with van der Waals surface area (Å²) in [5, 5.41) is 2.90. The summed E-state index contributed by atoms with van der Waals surface area (Å²) in [5.74, 6) is -0.0306. The van der Waals surface area contributed by atoms with Gasteiger partial charge < -0.3 is 15.8 Å². The first-order valence-corrected chi connectivity index (χ1v) is 7.09. The normalized spacial score (nSPS) is 22.0. The minimum atomic E-state index is -0.196. The average molecular weight is 277 g/mol. The van der Waals surface area contributed by atoms with E-state index in [1.165, 1.54) is 0 Å². The Hall–Kier alpha value is -1.59. The van der Waals surface area contributed by atoms with Gasteiger partial charge in [0.1, 0.15) is 0 Å². The fourth-order valence-electron chi connectivity index (χ4n) is 2.39. The van der Waals surface area contributed by atoms with Crippen LogP contribution in [0.4, 0.5) is 11.4 Å². The number of nitrogen functional groups attached to an aromatic ring is 1. The number of ether oxygens (including phenoxy) is 1. The molecule has 2 unspecified atom stereocenters. The van der Waals surface area contributed by atoms with Crippen molar-refractivity contribution in [2.24, 2.45) is 0 Å². The molecule has 110 valence electrons. The second-order valence-corrected chi connectivity index (χ2v) is 5.28. The van der Waals surface area contributed by atoms with Gasteiger partial charge >= 0.3 is 0 Å². The van der Waals surface area contributed by atoms with Crippen molar-refractivity contribution in [1.29, 1.82) is 0 Å². The Balaban J connectivity index is 1.99. The number of carbonyl (C=O) groups is 1. The van der Waals surface area contributed by atoms with Crippen molar-refractivity contribution in [3.05, 3.63) is 24.3 Å². The maximum absolute atomic E-state index is 12.3. The Bertz CT molecular complexity index is 464. The fourth-order valence-corrected chi connectivity index (χ4v) is 2.39. The zero-order chi connectivity index (χ0) is 14.5. The van der Waals surface area contributed by atoms with Crippen molar-refractivity contribution < 1.29 is 9.53 Å². The summed E-state index contributed by atoms with van der Waals surface area (Å²) >= 11 is 0. The maximum atomic E-state index is 12.3. The van der Waals surface area contributed by atoms with E-state index in [2.05, 4.69) is 10.2 Å². The highest BCUT2D eigenvalue weighted by molar-refractivity contribution is 5.97. The molecule has 1 aromatic carbocycles. The number of nitrogens with zero attached hydrogens (tertiary/aromatic N) is 1. The van der Waals surface area contributed by atoms with Crippen LogP contribution in [0.25, 0.3) is 0 Å². The number of amides is 1. The van der Waals surface area contributed by atoms with Crippen LogP contribution in [0.15, 0.2) is 24.3 Å². The van der Waals surface area contributed by atoms with E-state index in [0.717, 1.165) is 26.1 Å². The van der Waals surface area contributed by atoms with Crippen molar-refractivity contribution in [3.63, 3.8) is 0 Å². The lowest BCUT2D eigenvalue weighted by molar-refractivity contribution is -0.121. The molecule has 2 rings (SSSR count). The summed E-state index contributed by atoms with van der Waals surface area (Å²) in [6.45, 7) is 6.38. The SMILES string of the molecule is CC1CN(C(C)C(=O)Nc2ccccc2N)CCCO1. The molecule has 1 aliphatic heterocycles. The minimum absolute atomic E-state index is 0.0306. The number of anilines is 2. The average Bonchev–Trinajstić information content (AvgIpc) is 2.65. The maximum Gasteiger partial charge on any atom is 0.241 e. The van der Waals surface area contributed by atoms with Gasteiger partial charge in [0, 0.05) is 19.7 Å². The van der Waals surface area contributed by atoms with Crippen LogP contribution in [0.1, 0.15) is 20.3 Å². The number of carbonyl (C=O) groups excluding carboxylic acids is 1. The molecular formula is C15H23N3O2. The van der Waals surface area contributed by atoms with E-state index in [1.54, 1.807) is 6.07 Å². The van der Waals surface area contributed by atoms with E-state index in [0.29, 0.717) is 11.4 Å². The molecule has 5 nitrogen and oxygen atoms in total. The van der Waals surface area contributed by atoms with Crippen LogP contribution in [0.3, 0.4) is 0 Å². The topological polar surface area (TPSA) is 67.6 Å². The van der Waals surface area contributed by atoms with Crippen molar-refractivity contribution in [1.82, 2.24) is 4.90 Å². The van der Waals surface area contributed by atoms with Gasteiger partial charge in [-0.05, 0) is 32.4 Å². The van der Waals surface area contributed by atoms with E-state index in [-0.39, 0.29) is 18.1 Å². The third kappa shape index (κ3) is 3.71. The molecule has 0 bridgehead atoms. The smallest absolute Gasteiger partial charge is 0.241 e. The van der Waals surface area contributed by atoms with Gasteiger partial charge in [0.25, 0.3) is 0 Å². The highest BCUT2D eigenvalue weighted by Gasteiger charge is 2.25. The first kappa shape index (κ1) is 14.8. The van der Waals surface area contributed by atoms with Crippen LogP contribution in [-0.4, -0.2) is 42.6 Å². The molecule has 3 N–H and O–H groups in total. The molecule has 1 aliphatic rings. The molecule has 0 aliphatic carbocycles. The highest BCUT2D eigenvalue weighted by Crippen LogP contribution is 2.18. The summed E-state index contributed by atoms with van der Waals surface area (Å²) in [5.41, 5.74) is 7.10. The summed E-state index contributed by atoms with van der Waals surface area (Å²) in [4.78, 5) is 14.5. The van der Waals surface area contributed by atoms with Gasteiger partial charge in [0.05, 0.1) is 23.5 Å². The third-order valence-corrected chi connectivity index (χ3v) is 3.63. The first-order chi connectivity index (χ1) is 9.58. The summed E-state index contributed by atoms with van der Waals surface area (Å²) in [6.07, 6.45) is 1.12. The van der Waals surface area contributed by atoms with Gasteiger partial charge in [0.2, 0.25) is 5.91 Å². The fraction of sp³-hybridized carbons (Fsp3) is 0.533. The van der Waals surface area contributed by atoms with E-state index in [1.807, 2.05) is 32.0 Å². The Morgan fingerprint density at radius 2 is 2.25 bits per heavy atom. The molecule has 1 aromatic rings. The Labute approximate surface area is 120 Å². The molecule has 20 heavy (non-hydrogen) atoms. The Kier molecular flexibility index (Phi) is 4.98. The number of hydrogen-bond donors (Lipinski definition) is 2. The number of hydrogen-bond acceptors (Lipinski definition) is 4. The molecule has 1 fully saturated rings. The molecule has 0 saturated carbocycles. The third-order valence-electron chi connectivity index (χ3n) is 3.63. The van der Waals surface area contributed by atoms with Gasteiger partial charge in [-0.15, -0.1) is 0 Å². The molecular weight excluding hydrogens is 254 g/mol. The molecule has 2 atom stereocenters. The minimum Gasteiger partial charge on any atom is -0.397 e. The van der Waals surface area contributed by atoms with Gasteiger partial charge in [-0.1, -0.05) is 12.1 Å². The molecule has 5 heteroatoms. The second-order valence-electron chi connectivity index (χ2n) is 5.28. The summed E-state index contributed by atoms with van der Waals surface area (Å²) < 4.78 is 5.61. The molecule has 0 aromatic heterocycles. The molecule has 1 amide bonds. The van der Waals surface area contributed by atoms with Gasteiger partial charge in [0.15, 0.2) is 0 Å². The van der Waals surface area contributed by atoms with Crippen LogP contribution < -0.4 is 11.1 Å². The van der Waals surface area contributed by atoms with Gasteiger partial charge in [-0.25, -0.2) is 0 Å². The number of nitrogens with two attached hydrogens (primary N) is 1. The van der Waals surface area contributed by atoms with Crippen LogP contribution in [0.2, 0.25) is 0 Å².